The number of aromatic nitrogens is 1. The number of pyridine rings is 1. The maximum Gasteiger partial charge on any atom is 0.186 e. The van der Waals surface area contributed by atoms with Crippen LogP contribution < -0.4 is 15.5 Å². The lowest BCUT2D eigenvalue weighted by Crippen LogP contribution is -2.58. The number of nitrogens with two attached hydrogens (primary N) is 1. The average Bonchev–Trinajstić information content (AvgIpc) is 2.87. The topological polar surface area (TPSA) is 64.2 Å². The predicted octanol–water partition coefficient (Wildman–Crippen LogP) is 3.89. The minimum atomic E-state index is -0.163. The molecule has 1 aromatic heterocycles. The number of rotatable bonds is 9. The molecule has 0 spiro atoms. The third-order valence-electron chi connectivity index (χ3n) is 6.63. The van der Waals surface area contributed by atoms with E-state index in [-0.39, 0.29) is 6.29 Å². The van der Waals surface area contributed by atoms with Crippen molar-refractivity contribution in [3.05, 3.63) is 66.1 Å². The standard InChI is InChI=1S/C27H39N7/c1-4-5-6-7-10-22-12-14-23(15-13-22)34-26(31(2)3)21-24(28)30-27(34)33-19-17-32(18-20-33)25-11-8-9-16-29-25/h8-9,11-16,21,27H,4-7,10,17-20H2,1-3H3,(H2,28,30). The average molecular weight is 462 g/mol. The van der Waals surface area contributed by atoms with Crippen molar-refractivity contribution >= 4 is 17.3 Å². The molecule has 2 N–H and O–H groups in total. The molecule has 1 saturated heterocycles. The lowest BCUT2D eigenvalue weighted by Gasteiger charge is -2.46. The molecular formula is C27H39N7. The smallest absolute Gasteiger partial charge is 0.186 e. The molecule has 2 aliphatic rings. The molecular weight excluding hydrogens is 422 g/mol. The van der Waals surface area contributed by atoms with E-state index in [9.17, 15) is 0 Å². The molecule has 1 aromatic carbocycles. The normalized spacial score (nSPS) is 19.1. The first kappa shape index (κ1) is 24.1. The Balaban J connectivity index is 1.51. The molecule has 34 heavy (non-hydrogen) atoms. The molecule has 182 valence electrons. The van der Waals surface area contributed by atoms with E-state index in [1.54, 1.807) is 0 Å². The second-order valence-electron chi connectivity index (χ2n) is 9.36. The lowest BCUT2D eigenvalue weighted by atomic mass is 10.1. The maximum atomic E-state index is 6.30. The summed E-state index contributed by atoms with van der Waals surface area (Å²) in [4.78, 5) is 18.6. The summed E-state index contributed by atoms with van der Waals surface area (Å²) in [6.07, 6.45) is 9.95. The molecule has 1 fully saturated rings. The minimum Gasteiger partial charge on any atom is -0.384 e. The summed E-state index contributed by atoms with van der Waals surface area (Å²) in [6, 6.07) is 15.1. The van der Waals surface area contributed by atoms with E-state index in [2.05, 4.69) is 75.9 Å². The number of nitrogens with zero attached hydrogens (tertiary/aromatic N) is 6. The van der Waals surface area contributed by atoms with Gasteiger partial charge in [-0.05, 0) is 42.7 Å². The van der Waals surface area contributed by atoms with E-state index in [1.807, 2.05) is 24.4 Å². The van der Waals surface area contributed by atoms with Crippen LogP contribution in [0, 0.1) is 0 Å². The van der Waals surface area contributed by atoms with Crippen LogP contribution >= 0.6 is 0 Å². The number of amidine groups is 1. The maximum absolute atomic E-state index is 6.30. The summed E-state index contributed by atoms with van der Waals surface area (Å²) in [5, 5.41) is 0. The first-order chi connectivity index (χ1) is 16.6. The number of hydrogen-bond donors (Lipinski definition) is 1. The van der Waals surface area contributed by atoms with Crippen molar-refractivity contribution in [2.24, 2.45) is 10.7 Å². The van der Waals surface area contributed by atoms with Crippen LogP contribution in [0.3, 0.4) is 0 Å². The Morgan fingerprint density at radius 3 is 2.38 bits per heavy atom. The molecule has 0 saturated carbocycles. The first-order valence-corrected chi connectivity index (χ1v) is 12.6. The Morgan fingerprint density at radius 1 is 0.971 bits per heavy atom. The third kappa shape index (κ3) is 5.70. The summed E-state index contributed by atoms with van der Waals surface area (Å²) >= 11 is 0. The van der Waals surface area contributed by atoms with E-state index in [0.29, 0.717) is 5.84 Å². The predicted molar refractivity (Wildman–Crippen MR) is 142 cm³/mol. The number of aliphatic imine (C=N–C) groups is 1. The van der Waals surface area contributed by atoms with Crippen molar-refractivity contribution in [1.82, 2.24) is 14.8 Å². The Kier molecular flexibility index (Phi) is 8.06. The van der Waals surface area contributed by atoms with E-state index in [0.717, 1.165) is 49.9 Å². The van der Waals surface area contributed by atoms with Gasteiger partial charge >= 0.3 is 0 Å². The highest BCUT2D eigenvalue weighted by Crippen LogP contribution is 2.30. The Bertz CT molecular complexity index is 960. The summed E-state index contributed by atoms with van der Waals surface area (Å²) in [6.45, 7) is 5.87. The van der Waals surface area contributed by atoms with Gasteiger partial charge in [-0.25, -0.2) is 9.98 Å². The van der Waals surface area contributed by atoms with Gasteiger partial charge in [0.15, 0.2) is 6.29 Å². The van der Waals surface area contributed by atoms with Crippen LogP contribution in [-0.4, -0.2) is 67.2 Å². The fourth-order valence-corrected chi connectivity index (χ4v) is 4.71. The molecule has 7 heteroatoms. The monoisotopic (exact) mass is 461 g/mol. The highest BCUT2D eigenvalue weighted by Gasteiger charge is 2.34. The molecule has 2 aromatic rings. The molecule has 0 amide bonds. The van der Waals surface area contributed by atoms with Crippen molar-refractivity contribution in [3.8, 4) is 0 Å². The van der Waals surface area contributed by atoms with Gasteiger partial charge in [0.05, 0.1) is 0 Å². The number of hydrogen-bond acceptors (Lipinski definition) is 7. The molecule has 1 unspecified atom stereocenters. The van der Waals surface area contributed by atoms with Crippen LogP contribution in [0.25, 0.3) is 0 Å². The molecule has 0 radical (unpaired) electrons. The Labute approximate surface area is 204 Å². The molecule has 3 heterocycles. The lowest BCUT2D eigenvalue weighted by molar-refractivity contribution is 0.182. The van der Waals surface area contributed by atoms with E-state index >= 15 is 0 Å². The molecule has 7 nitrogen and oxygen atoms in total. The Morgan fingerprint density at radius 2 is 1.74 bits per heavy atom. The summed E-state index contributed by atoms with van der Waals surface area (Å²) in [5.74, 6) is 2.67. The fourth-order valence-electron chi connectivity index (χ4n) is 4.71. The Hall–Kier alpha value is -3.06. The van der Waals surface area contributed by atoms with Crippen molar-refractivity contribution in [2.45, 2.75) is 45.3 Å². The highest BCUT2D eigenvalue weighted by molar-refractivity contribution is 5.94. The molecule has 4 rings (SSSR count). The van der Waals surface area contributed by atoms with Crippen LogP contribution in [0.15, 0.2) is 65.6 Å². The van der Waals surface area contributed by atoms with Gasteiger partial charge in [0.2, 0.25) is 0 Å². The van der Waals surface area contributed by atoms with Crippen LogP contribution in [0.4, 0.5) is 11.5 Å². The zero-order chi connectivity index (χ0) is 23.9. The zero-order valence-corrected chi connectivity index (χ0v) is 20.9. The largest absolute Gasteiger partial charge is 0.384 e. The summed E-state index contributed by atoms with van der Waals surface area (Å²) in [7, 11) is 4.13. The van der Waals surface area contributed by atoms with Gasteiger partial charge in [-0.3, -0.25) is 9.80 Å². The van der Waals surface area contributed by atoms with Gasteiger partial charge in [-0.1, -0.05) is 44.4 Å². The SMILES string of the molecule is CCCCCCc1ccc(N2C(N(C)C)=CC(N)=NC2N2CCN(c3ccccn3)CC2)cc1. The molecule has 0 aliphatic carbocycles. The van der Waals surface area contributed by atoms with Gasteiger partial charge in [0.1, 0.15) is 17.5 Å². The third-order valence-corrected chi connectivity index (χ3v) is 6.63. The van der Waals surface area contributed by atoms with Crippen LogP contribution in [0.2, 0.25) is 0 Å². The quantitative estimate of drug-likeness (QED) is 0.572. The highest BCUT2D eigenvalue weighted by atomic mass is 15.5. The summed E-state index contributed by atoms with van der Waals surface area (Å²) < 4.78 is 0. The fraction of sp³-hybridized carbons (Fsp3) is 0.481. The number of aryl methyl sites for hydroxylation is 1. The minimum absolute atomic E-state index is 0.163. The van der Waals surface area contributed by atoms with Crippen molar-refractivity contribution in [1.29, 1.82) is 0 Å². The van der Waals surface area contributed by atoms with Crippen LogP contribution in [-0.2, 0) is 6.42 Å². The zero-order valence-electron chi connectivity index (χ0n) is 20.9. The van der Waals surface area contributed by atoms with Crippen molar-refractivity contribution in [2.75, 3.05) is 50.1 Å². The molecule has 2 aliphatic heterocycles. The van der Waals surface area contributed by atoms with Gasteiger partial charge in [0.25, 0.3) is 0 Å². The number of unbranched alkanes of at least 4 members (excludes halogenated alkanes) is 3. The van der Waals surface area contributed by atoms with Crippen LogP contribution in [0.5, 0.6) is 0 Å². The second-order valence-corrected chi connectivity index (χ2v) is 9.36. The molecule has 1 atom stereocenters. The van der Waals surface area contributed by atoms with E-state index in [4.69, 9.17) is 10.7 Å². The van der Waals surface area contributed by atoms with Gasteiger partial charge in [-0.15, -0.1) is 0 Å². The number of anilines is 2. The number of piperazine rings is 1. The van der Waals surface area contributed by atoms with Gasteiger partial charge in [-0.2, -0.15) is 0 Å². The van der Waals surface area contributed by atoms with Crippen molar-refractivity contribution in [3.63, 3.8) is 0 Å². The van der Waals surface area contributed by atoms with E-state index < -0.39 is 0 Å². The molecule has 0 bridgehead atoms. The van der Waals surface area contributed by atoms with E-state index in [1.165, 1.54) is 31.2 Å². The second kappa shape index (κ2) is 11.4. The van der Waals surface area contributed by atoms with Gasteiger partial charge in [0, 0.05) is 58.2 Å². The van der Waals surface area contributed by atoms with Gasteiger partial charge < -0.3 is 15.5 Å². The van der Waals surface area contributed by atoms with Crippen molar-refractivity contribution < 1.29 is 0 Å². The number of benzene rings is 1. The van der Waals surface area contributed by atoms with Crippen LogP contribution in [0.1, 0.15) is 38.2 Å². The first-order valence-electron chi connectivity index (χ1n) is 12.6. The summed E-state index contributed by atoms with van der Waals surface area (Å²) in [5.41, 5.74) is 8.84.